The van der Waals surface area contributed by atoms with E-state index in [0.717, 1.165) is 0 Å². The van der Waals surface area contributed by atoms with Crippen molar-refractivity contribution in [2.45, 2.75) is 17.2 Å². The normalized spacial score (nSPS) is 13.0. The zero-order valence-corrected chi connectivity index (χ0v) is 7.71. The van der Waals surface area contributed by atoms with Gasteiger partial charge in [0.05, 0.1) is 5.56 Å². The lowest BCUT2D eigenvalue weighted by molar-refractivity contribution is -0.146. The molecular formula is C7H3F6NS. The van der Waals surface area contributed by atoms with E-state index in [1.165, 1.54) is 0 Å². The first-order valence-corrected chi connectivity index (χ1v) is 3.90. The van der Waals surface area contributed by atoms with E-state index in [1.54, 1.807) is 0 Å². The Balaban J connectivity index is 3.30. The van der Waals surface area contributed by atoms with E-state index in [4.69, 9.17) is 0 Å². The summed E-state index contributed by atoms with van der Waals surface area (Å²) in [6.07, 6.45) is -9.35. The average molecular weight is 247 g/mol. The molecule has 0 bridgehead atoms. The van der Waals surface area contributed by atoms with Gasteiger partial charge in [0, 0.05) is 11.1 Å². The van der Waals surface area contributed by atoms with Crippen molar-refractivity contribution in [1.29, 1.82) is 0 Å². The summed E-state index contributed by atoms with van der Waals surface area (Å²) < 4.78 is 72.6. The minimum atomic E-state index is -4.90. The molecule has 1 aromatic heterocycles. The van der Waals surface area contributed by atoms with Gasteiger partial charge in [0.15, 0.2) is 0 Å². The predicted octanol–water partition coefficient (Wildman–Crippen LogP) is 3.41. The quantitative estimate of drug-likeness (QED) is 0.547. The van der Waals surface area contributed by atoms with Crippen LogP contribution in [0.5, 0.6) is 0 Å². The molecule has 0 aliphatic rings. The van der Waals surface area contributed by atoms with E-state index < -0.39 is 28.5 Å². The molecular weight excluding hydrogens is 244 g/mol. The Morgan fingerprint density at radius 2 is 1.53 bits per heavy atom. The van der Waals surface area contributed by atoms with Gasteiger partial charge in [-0.25, -0.2) is 0 Å². The first kappa shape index (κ1) is 12.2. The van der Waals surface area contributed by atoms with Crippen molar-refractivity contribution in [2.24, 2.45) is 0 Å². The van der Waals surface area contributed by atoms with Crippen molar-refractivity contribution in [1.82, 2.24) is 4.98 Å². The van der Waals surface area contributed by atoms with E-state index in [1.807, 2.05) is 0 Å². The van der Waals surface area contributed by atoms with Crippen LogP contribution >= 0.6 is 12.6 Å². The van der Waals surface area contributed by atoms with Crippen LogP contribution in [0.4, 0.5) is 26.3 Å². The monoisotopic (exact) mass is 247 g/mol. The van der Waals surface area contributed by atoms with Crippen molar-refractivity contribution < 1.29 is 26.3 Å². The van der Waals surface area contributed by atoms with Gasteiger partial charge in [0.2, 0.25) is 0 Å². The van der Waals surface area contributed by atoms with Gasteiger partial charge in [-0.3, -0.25) is 4.98 Å². The fraction of sp³-hybridized carbons (Fsp3) is 0.286. The van der Waals surface area contributed by atoms with Crippen LogP contribution in [-0.2, 0) is 12.4 Å². The lowest BCUT2D eigenvalue weighted by Crippen LogP contribution is -2.13. The first-order valence-electron chi connectivity index (χ1n) is 3.46. The van der Waals surface area contributed by atoms with Crippen molar-refractivity contribution in [3.8, 4) is 0 Å². The van der Waals surface area contributed by atoms with Crippen LogP contribution in [0.25, 0.3) is 0 Å². The topological polar surface area (TPSA) is 12.9 Å². The van der Waals surface area contributed by atoms with Crippen LogP contribution in [0.1, 0.15) is 11.3 Å². The Kier molecular flexibility index (Phi) is 2.90. The van der Waals surface area contributed by atoms with E-state index in [2.05, 4.69) is 17.6 Å². The van der Waals surface area contributed by atoms with Gasteiger partial charge in [-0.2, -0.15) is 26.3 Å². The number of thiol groups is 1. The van der Waals surface area contributed by atoms with Crippen LogP contribution in [0.15, 0.2) is 17.2 Å². The van der Waals surface area contributed by atoms with Gasteiger partial charge in [0.1, 0.15) is 5.69 Å². The lowest BCUT2D eigenvalue weighted by Gasteiger charge is -2.12. The number of nitrogens with zero attached hydrogens (tertiary/aromatic N) is 1. The number of pyridine rings is 1. The van der Waals surface area contributed by atoms with Gasteiger partial charge in [-0.1, -0.05) is 0 Å². The second-order valence-corrected chi connectivity index (χ2v) is 3.06. The van der Waals surface area contributed by atoms with Gasteiger partial charge in [-0.15, -0.1) is 12.6 Å². The molecule has 0 atom stereocenters. The second kappa shape index (κ2) is 3.58. The summed E-state index contributed by atoms with van der Waals surface area (Å²) in [7, 11) is 0. The van der Waals surface area contributed by atoms with Crippen LogP contribution in [0.2, 0.25) is 0 Å². The highest BCUT2D eigenvalue weighted by Gasteiger charge is 2.38. The van der Waals surface area contributed by atoms with Crippen LogP contribution in [-0.4, -0.2) is 4.98 Å². The zero-order valence-electron chi connectivity index (χ0n) is 6.82. The van der Waals surface area contributed by atoms with E-state index in [0.29, 0.717) is 6.20 Å². The molecule has 1 nitrogen and oxygen atoms in total. The molecule has 0 saturated carbocycles. The highest BCUT2D eigenvalue weighted by Crippen LogP contribution is 2.37. The smallest absolute Gasteiger partial charge is 0.251 e. The third-order valence-corrected chi connectivity index (χ3v) is 1.84. The number of rotatable bonds is 0. The summed E-state index contributed by atoms with van der Waals surface area (Å²) in [4.78, 5) is 2.18. The van der Waals surface area contributed by atoms with Crippen LogP contribution in [0, 0.1) is 0 Å². The predicted molar refractivity (Wildman–Crippen MR) is 41.5 cm³/mol. The molecule has 15 heavy (non-hydrogen) atoms. The van der Waals surface area contributed by atoms with Crippen molar-refractivity contribution >= 4 is 12.6 Å². The van der Waals surface area contributed by atoms with Gasteiger partial charge < -0.3 is 0 Å². The Bertz CT molecular complexity index is 369. The molecule has 0 aromatic carbocycles. The van der Waals surface area contributed by atoms with Crippen molar-refractivity contribution in [2.75, 3.05) is 0 Å². The molecule has 0 aliphatic carbocycles. The van der Waals surface area contributed by atoms with E-state index in [-0.39, 0.29) is 6.07 Å². The minimum Gasteiger partial charge on any atom is -0.251 e. The Morgan fingerprint density at radius 1 is 1.00 bits per heavy atom. The van der Waals surface area contributed by atoms with E-state index >= 15 is 0 Å². The summed E-state index contributed by atoms with van der Waals surface area (Å²) in [6, 6.07) is -0.0671. The summed E-state index contributed by atoms with van der Waals surface area (Å²) >= 11 is 3.38. The zero-order chi connectivity index (χ0) is 11.9. The van der Waals surface area contributed by atoms with Gasteiger partial charge >= 0.3 is 12.4 Å². The maximum absolute atomic E-state index is 12.2. The minimum absolute atomic E-state index is 0.0671. The largest absolute Gasteiger partial charge is 0.433 e. The van der Waals surface area contributed by atoms with Gasteiger partial charge in [0.25, 0.3) is 0 Å². The third-order valence-electron chi connectivity index (χ3n) is 1.48. The summed E-state index contributed by atoms with van der Waals surface area (Å²) in [5.41, 5.74) is -3.04. The fourth-order valence-corrected chi connectivity index (χ4v) is 1.08. The van der Waals surface area contributed by atoms with Crippen molar-refractivity contribution in [3.63, 3.8) is 0 Å². The molecule has 1 rings (SSSR count). The maximum atomic E-state index is 12.2. The maximum Gasteiger partial charge on any atom is 0.433 e. The molecule has 0 amide bonds. The summed E-state index contributed by atoms with van der Waals surface area (Å²) in [6.45, 7) is 0. The fourth-order valence-electron chi connectivity index (χ4n) is 0.830. The molecule has 1 heterocycles. The number of alkyl halides is 6. The lowest BCUT2D eigenvalue weighted by atomic mass is 10.2. The number of halogens is 6. The molecule has 0 fully saturated rings. The summed E-state index contributed by atoms with van der Waals surface area (Å²) in [5, 5.41) is 0. The molecule has 0 radical (unpaired) electrons. The van der Waals surface area contributed by atoms with Crippen LogP contribution in [0.3, 0.4) is 0 Å². The highest BCUT2D eigenvalue weighted by atomic mass is 32.1. The SMILES string of the molecule is FC(F)(F)c1cc(C(F)(F)F)c(S)cn1. The first-order chi connectivity index (χ1) is 6.62. The Hall–Kier alpha value is -0.920. The standard InChI is InChI=1S/C7H3F6NS/c8-6(9,10)3-1-5(7(11,12)13)14-2-4(3)15/h1-2,15H. The molecule has 0 spiro atoms. The Morgan fingerprint density at radius 3 is 1.93 bits per heavy atom. The summed E-state index contributed by atoms with van der Waals surface area (Å²) in [5.74, 6) is 0. The van der Waals surface area contributed by atoms with Gasteiger partial charge in [-0.05, 0) is 6.07 Å². The number of aromatic nitrogens is 1. The molecule has 0 saturated heterocycles. The van der Waals surface area contributed by atoms with Crippen LogP contribution < -0.4 is 0 Å². The Labute approximate surface area is 85.5 Å². The molecule has 0 N–H and O–H groups in total. The second-order valence-electron chi connectivity index (χ2n) is 2.58. The molecule has 1 aromatic rings. The molecule has 0 unspecified atom stereocenters. The van der Waals surface area contributed by atoms with E-state index in [9.17, 15) is 26.3 Å². The number of hydrogen-bond donors (Lipinski definition) is 1. The molecule has 84 valence electrons. The third kappa shape index (κ3) is 2.77. The average Bonchev–Trinajstić information content (AvgIpc) is 2.00. The molecule has 8 heteroatoms. The molecule has 0 aliphatic heterocycles. The highest BCUT2D eigenvalue weighted by molar-refractivity contribution is 7.80. The number of hydrogen-bond acceptors (Lipinski definition) is 2. The van der Waals surface area contributed by atoms with Crippen molar-refractivity contribution in [3.05, 3.63) is 23.5 Å².